The molecule has 0 radical (unpaired) electrons. The lowest BCUT2D eigenvalue weighted by Gasteiger charge is -2.20. The molecule has 0 aliphatic heterocycles. The van der Waals surface area contributed by atoms with Gasteiger partial charge in [-0.25, -0.2) is 4.39 Å². The van der Waals surface area contributed by atoms with E-state index in [1.165, 1.54) is 18.2 Å². The Bertz CT molecular complexity index is 589. The number of rotatable bonds is 3. The van der Waals surface area contributed by atoms with E-state index in [4.69, 9.17) is 0 Å². The third kappa shape index (κ3) is 3.32. The van der Waals surface area contributed by atoms with Crippen molar-refractivity contribution in [2.75, 3.05) is 12.1 Å². The SMILES string of the molecule is CN(NC(=O)c1ccc(F)cc1Br)c1ccccc1. The first-order valence-corrected chi connectivity index (χ1v) is 6.42. The predicted octanol–water partition coefficient (Wildman–Crippen LogP) is 3.37. The fraction of sp³-hybridized carbons (Fsp3) is 0.0714. The summed E-state index contributed by atoms with van der Waals surface area (Å²) < 4.78 is 13.4. The molecule has 19 heavy (non-hydrogen) atoms. The zero-order chi connectivity index (χ0) is 13.8. The Hall–Kier alpha value is -1.88. The van der Waals surface area contributed by atoms with E-state index < -0.39 is 0 Å². The summed E-state index contributed by atoms with van der Waals surface area (Å²) in [5, 5.41) is 1.61. The molecule has 2 aromatic carbocycles. The van der Waals surface area contributed by atoms with Crippen molar-refractivity contribution < 1.29 is 9.18 Å². The van der Waals surface area contributed by atoms with Crippen LogP contribution in [0.25, 0.3) is 0 Å². The summed E-state index contributed by atoms with van der Waals surface area (Å²) in [7, 11) is 1.74. The topological polar surface area (TPSA) is 32.3 Å². The number of nitrogens with zero attached hydrogens (tertiary/aromatic N) is 1. The van der Waals surface area contributed by atoms with Gasteiger partial charge in [0.25, 0.3) is 5.91 Å². The smallest absolute Gasteiger partial charge is 0.270 e. The van der Waals surface area contributed by atoms with Crippen molar-refractivity contribution in [2.24, 2.45) is 0 Å². The van der Waals surface area contributed by atoms with E-state index in [1.807, 2.05) is 30.3 Å². The highest BCUT2D eigenvalue weighted by atomic mass is 79.9. The number of anilines is 1. The van der Waals surface area contributed by atoms with Crippen LogP contribution in [0.2, 0.25) is 0 Å². The third-order valence-electron chi connectivity index (χ3n) is 2.59. The van der Waals surface area contributed by atoms with Crippen molar-refractivity contribution in [3.63, 3.8) is 0 Å². The molecule has 0 bridgehead atoms. The van der Waals surface area contributed by atoms with Crippen molar-refractivity contribution >= 4 is 27.5 Å². The lowest BCUT2D eigenvalue weighted by atomic mass is 10.2. The molecule has 2 aromatic rings. The van der Waals surface area contributed by atoms with Crippen LogP contribution in [0.3, 0.4) is 0 Å². The highest BCUT2D eigenvalue weighted by Crippen LogP contribution is 2.18. The summed E-state index contributed by atoms with van der Waals surface area (Å²) in [6.07, 6.45) is 0. The summed E-state index contributed by atoms with van der Waals surface area (Å²) in [6, 6.07) is 13.4. The van der Waals surface area contributed by atoms with E-state index in [0.717, 1.165) is 5.69 Å². The van der Waals surface area contributed by atoms with Gasteiger partial charge in [-0.05, 0) is 46.3 Å². The Labute approximate surface area is 119 Å². The fourth-order valence-corrected chi connectivity index (χ4v) is 2.13. The second kappa shape index (κ2) is 5.84. The van der Waals surface area contributed by atoms with E-state index in [-0.39, 0.29) is 11.7 Å². The first-order valence-electron chi connectivity index (χ1n) is 5.63. The van der Waals surface area contributed by atoms with Gasteiger partial charge >= 0.3 is 0 Å². The van der Waals surface area contributed by atoms with Gasteiger partial charge in [0.2, 0.25) is 0 Å². The molecule has 1 amide bonds. The van der Waals surface area contributed by atoms with Gasteiger partial charge in [0.1, 0.15) is 5.82 Å². The molecule has 0 aliphatic rings. The van der Waals surface area contributed by atoms with E-state index in [1.54, 1.807) is 12.1 Å². The van der Waals surface area contributed by atoms with Crippen molar-refractivity contribution in [3.8, 4) is 0 Å². The molecule has 3 nitrogen and oxygen atoms in total. The summed E-state index contributed by atoms with van der Waals surface area (Å²) in [6.45, 7) is 0. The molecule has 0 aliphatic carbocycles. The van der Waals surface area contributed by atoms with Crippen LogP contribution in [0.4, 0.5) is 10.1 Å². The van der Waals surface area contributed by atoms with Crippen LogP contribution in [0.5, 0.6) is 0 Å². The van der Waals surface area contributed by atoms with Gasteiger partial charge in [-0.1, -0.05) is 18.2 Å². The normalized spacial score (nSPS) is 10.1. The minimum atomic E-state index is -0.389. The molecule has 0 saturated carbocycles. The molecule has 0 unspecified atom stereocenters. The molecule has 0 saturated heterocycles. The molecular formula is C14H12BrFN2O. The number of para-hydroxylation sites is 1. The molecule has 1 N–H and O–H groups in total. The number of benzene rings is 2. The maximum absolute atomic E-state index is 13.0. The van der Waals surface area contributed by atoms with Crippen LogP contribution >= 0.6 is 15.9 Å². The van der Waals surface area contributed by atoms with E-state index in [0.29, 0.717) is 10.0 Å². The first kappa shape index (κ1) is 13.5. The quantitative estimate of drug-likeness (QED) is 0.879. The Kier molecular flexibility index (Phi) is 4.16. The van der Waals surface area contributed by atoms with Crippen molar-refractivity contribution in [2.45, 2.75) is 0 Å². The molecule has 98 valence electrons. The standard InChI is InChI=1S/C14H12BrFN2O/c1-18(11-5-3-2-4-6-11)17-14(19)12-8-7-10(16)9-13(12)15/h2-9H,1H3,(H,17,19). The number of halogens is 2. The molecule has 0 heterocycles. The van der Waals surface area contributed by atoms with Gasteiger partial charge in [-0.2, -0.15) is 0 Å². The maximum atomic E-state index is 13.0. The molecule has 2 rings (SSSR count). The van der Waals surface area contributed by atoms with E-state index in [9.17, 15) is 9.18 Å². The minimum Gasteiger partial charge on any atom is -0.288 e. The van der Waals surface area contributed by atoms with Crippen molar-refractivity contribution in [3.05, 3.63) is 64.4 Å². The first-order chi connectivity index (χ1) is 9.08. The zero-order valence-corrected chi connectivity index (χ0v) is 11.8. The molecule has 0 aromatic heterocycles. The summed E-state index contributed by atoms with van der Waals surface area (Å²) in [5.41, 5.74) is 3.95. The Morgan fingerprint density at radius 1 is 1.21 bits per heavy atom. The molecule has 0 atom stereocenters. The fourth-order valence-electron chi connectivity index (χ4n) is 1.60. The van der Waals surface area contributed by atoms with Gasteiger partial charge in [-0.15, -0.1) is 0 Å². The highest BCUT2D eigenvalue weighted by molar-refractivity contribution is 9.10. The summed E-state index contributed by atoms with van der Waals surface area (Å²) in [4.78, 5) is 12.1. The second-order valence-corrected chi connectivity index (χ2v) is 4.81. The Morgan fingerprint density at radius 3 is 2.53 bits per heavy atom. The van der Waals surface area contributed by atoms with Crippen LogP contribution in [-0.4, -0.2) is 13.0 Å². The van der Waals surface area contributed by atoms with Gasteiger partial charge < -0.3 is 0 Å². The summed E-state index contributed by atoms with van der Waals surface area (Å²) in [5.74, 6) is -0.696. The Morgan fingerprint density at radius 2 is 1.89 bits per heavy atom. The Balaban J connectivity index is 2.13. The van der Waals surface area contributed by atoms with Crippen LogP contribution in [0.1, 0.15) is 10.4 Å². The molecular weight excluding hydrogens is 311 g/mol. The number of hydrogen-bond acceptors (Lipinski definition) is 2. The van der Waals surface area contributed by atoms with Crippen LogP contribution in [0, 0.1) is 5.82 Å². The number of carbonyl (C=O) groups is 1. The van der Waals surface area contributed by atoms with E-state index in [2.05, 4.69) is 21.4 Å². The number of carbonyl (C=O) groups excluding carboxylic acids is 1. The second-order valence-electron chi connectivity index (χ2n) is 3.96. The molecule has 0 fully saturated rings. The lowest BCUT2D eigenvalue weighted by Crippen LogP contribution is -2.39. The predicted molar refractivity (Wildman–Crippen MR) is 76.4 cm³/mol. The van der Waals surface area contributed by atoms with Gasteiger partial charge in [-0.3, -0.25) is 15.2 Å². The monoisotopic (exact) mass is 322 g/mol. The maximum Gasteiger partial charge on any atom is 0.270 e. The van der Waals surface area contributed by atoms with Gasteiger partial charge in [0.05, 0.1) is 11.3 Å². The number of hydrogen-bond donors (Lipinski definition) is 1. The number of nitrogens with one attached hydrogen (secondary N) is 1. The highest BCUT2D eigenvalue weighted by Gasteiger charge is 2.12. The number of amides is 1. The van der Waals surface area contributed by atoms with E-state index >= 15 is 0 Å². The number of hydrazine groups is 1. The molecule has 0 spiro atoms. The largest absolute Gasteiger partial charge is 0.288 e. The van der Waals surface area contributed by atoms with Crippen molar-refractivity contribution in [1.29, 1.82) is 0 Å². The third-order valence-corrected chi connectivity index (χ3v) is 3.24. The average Bonchev–Trinajstić information content (AvgIpc) is 2.39. The van der Waals surface area contributed by atoms with Gasteiger partial charge in [0, 0.05) is 11.5 Å². The summed E-state index contributed by atoms with van der Waals surface area (Å²) >= 11 is 3.17. The van der Waals surface area contributed by atoms with Crippen molar-refractivity contribution in [1.82, 2.24) is 5.43 Å². The zero-order valence-electron chi connectivity index (χ0n) is 10.2. The lowest BCUT2D eigenvalue weighted by molar-refractivity contribution is 0.0950. The molecule has 5 heteroatoms. The van der Waals surface area contributed by atoms with Crippen LogP contribution in [0.15, 0.2) is 53.0 Å². The van der Waals surface area contributed by atoms with Crippen LogP contribution < -0.4 is 10.4 Å². The average molecular weight is 323 g/mol. The van der Waals surface area contributed by atoms with Gasteiger partial charge in [0.15, 0.2) is 0 Å². The minimum absolute atomic E-state index is 0.307. The van der Waals surface area contributed by atoms with Crippen LogP contribution in [-0.2, 0) is 0 Å².